The molecule has 3 rings (SSSR count). The summed E-state index contributed by atoms with van der Waals surface area (Å²) in [6.07, 6.45) is -3.75. The van der Waals surface area contributed by atoms with Crippen LogP contribution < -0.4 is 16.1 Å². The minimum Gasteiger partial charge on any atom is -0.468 e. The maximum Gasteiger partial charge on any atom is 0.322 e. The van der Waals surface area contributed by atoms with E-state index in [0.29, 0.717) is 11.3 Å². The number of methoxy groups -OCH3 is 1. The van der Waals surface area contributed by atoms with Crippen LogP contribution in [0.4, 0.5) is 16.2 Å². The van der Waals surface area contributed by atoms with Gasteiger partial charge in [0.2, 0.25) is 5.95 Å². The molecule has 1 saturated heterocycles. The summed E-state index contributed by atoms with van der Waals surface area (Å²) in [6.45, 7) is 1.12. The van der Waals surface area contributed by atoms with E-state index in [-0.39, 0.29) is 11.6 Å². The summed E-state index contributed by atoms with van der Waals surface area (Å²) >= 11 is 11.5. The monoisotopic (exact) mass is 497 g/mol. The summed E-state index contributed by atoms with van der Waals surface area (Å²) in [7, 11) is 0.709. The van der Waals surface area contributed by atoms with Crippen LogP contribution in [0.2, 0.25) is 0 Å². The Morgan fingerprint density at radius 2 is 2.32 bits per heavy atom. The second-order valence-corrected chi connectivity index (χ2v) is 9.56. The smallest absolute Gasteiger partial charge is 0.322 e. The van der Waals surface area contributed by atoms with E-state index in [4.69, 9.17) is 38.4 Å². The first kappa shape index (κ1) is 24.0. The van der Waals surface area contributed by atoms with E-state index in [1.807, 2.05) is 0 Å². The standard InChI is InChI=1S/C15H22ClFN7O5PS/c1-6(13(26)27-3)23-30(31)28-4-15(16)9(25)7(17)12(29-15)24-5-20-8-10(19-2)21-14(18)22-11(8)24/h5-7,9,12,25,30H,4H2,1-3H3,(H,23,31)(H3,18,19,21,22)/t6-,7+,9+,12-,15-/m1/s1. The number of esters is 1. The van der Waals surface area contributed by atoms with Crippen molar-refractivity contribution < 1.29 is 28.3 Å². The largest absolute Gasteiger partial charge is 0.468 e. The van der Waals surface area contributed by atoms with Crippen molar-refractivity contribution in [1.82, 2.24) is 24.6 Å². The molecule has 0 saturated carbocycles. The molecule has 1 aliphatic heterocycles. The molecule has 0 bridgehead atoms. The maximum atomic E-state index is 15.0. The number of aromatic nitrogens is 4. The van der Waals surface area contributed by atoms with Crippen molar-refractivity contribution in [3.05, 3.63) is 6.33 Å². The Morgan fingerprint density at radius 3 is 2.97 bits per heavy atom. The lowest BCUT2D eigenvalue weighted by atomic mass is 10.1. The Kier molecular flexibility index (Phi) is 7.31. The fraction of sp³-hybridized carbons (Fsp3) is 0.600. The second kappa shape index (κ2) is 9.45. The van der Waals surface area contributed by atoms with Crippen molar-refractivity contribution in [2.75, 3.05) is 31.8 Å². The summed E-state index contributed by atoms with van der Waals surface area (Å²) in [6, 6.07) is -0.706. The number of aliphatic hydroxyl groups is 1. The van der Waals surface area contributed by atoms with Gasteiger partial charge in [-0.25, -0.2) is 9.37 Å². The molecule has 0 aromatic carbocycles. The predicted molar refractivity (Wildman–Crippen MR) is 115 cm³/mol. The first-order chi connectivity index (χ1) is 14.6. The van der Waals surface area contributed by atoms with Crippen LogP contribution in [0.1, 0.15) is 13.2 Å². The van der Waals surface area contributed by atoms with Gasteiger partial charge in [0.15, 0.2) is 34.4 Å². The van der Waals surface area contributed by atoms with Crippen molar-refractivity contribution in [3.63, 3.8) is 0 Å². The molecule has 3 heterocycles. The Bertz CT molecular complexity index is 1000. The molecule has 2 aromatic rings. The molecule has 12 nitrogen and oxygen atoms in total. The number of nitrogens with two attached hydrogens (primary N) is 1. The van der Waals surface area contributed by atoms with E-state index >= 15 is 0 Å². The average Bonchev–Trinajstić information content (AvgIpc) is 3.25. The molecule has 0 spiro atoms. The highest BCUT2D eigenvalue weighted by molar-refractivity contribution is 8.02. The highest BCUT2D eigenvalue weighted by Crippen LogP contribution is 2.44. The van der Waals surface area contributed by atoms with Gasteiger partial charge in [-0.15, -0.1) is 0 Å². The van der Waals surface area contributed by atoms with Gasteiger partial charge < -0.3 is 30.2 Å². The molecular weight excluding hydrogens is 476 g/mol. The van der Waals surface area contributed by atoms with Gasteiger partial charge in [0.1, 0.15) is 19.2 Å². The molecule has 31 heavy (non-hydrogen) atoms. The molecule has 1 unspecified atom stereocenters. The molecule has 1 aliphatic rings. The number of nitrogen functional groups attached to an aromatic ring is 1. The second-order valence-electron chi connectivity index (χ2n) is 6.65. The topological polar surface area (TPSA) is 159 Å². The van der Waals surface area contributed by atoms with Gasteiger partial charge in [-0.2, -0.15) is 9.97 Å². The van der Waals surface area contributed by atoms with Gasteiger partial charge in [-0.3, -0.25) is 14.4 Å². The summed E-state index contributed by atoms with van der Waals surface area (Å²) in [5, 5.41) is 14.1. The number of ether oxygens (including phenoxy) is 2. The van der Waals surface area contributed by atoms with Crippen molar-refractivity contribution in [3.8, 4) is 0 Å². The van der Waals surface area contributed by atoms with E-state index < -0.39 is 49.3 Å². The van der Waals surface area contributed by atoms with E-state index in [0.717, 1.165) is 0 Å². The van der Waals surface area contributed by atoms with Crippen LogP contribution in [0, 0.1) is 0 Å². The number of nitrogens with one attached hydrogen (secondary N) is 2. The van der Waals surface area contributed by atoms with Crippen LogP contribution in [-0.2, 0) is 30.6 Å². The maximum absolute atomic E-state index is 15.0. The molecule has 172 valence electrons. The Morgan fingerprint density at radius 1 is 1.61 bits per heavy atom. The number of aliphatic hydroxyl groups excluding tert-OH is 1. The van der Waals surface area contributed by atoms with Gasteiger partial charge in [0.05, 0.1) is 20.0 Å². The third-order valence-electron chi connectivity index (χ3n) is 4.57. The fourth-order valence-corrected chi connectivity index (χ4v) is 4.94. The zero-order valence-electron chi connectivity index (χ0n) is 16.7. The Hall–Kier alpha value is -1.67. The average molecular weight is 498 g/mol. The van der Waals surface area contributed by atoms with Crippen molar-refractivity contribution >= 4 is 59.4 Å². The number of carbonyl (C=O) groups is 1. The number of imidazole rings is 1. The zero-order valence-corrected chi connectivity index (χ0v) is 19.3. The Labute approximate surface area is 187 Å². The molecule has 1 fully saturated rings. The highest BCUT2D eigenvalue weighted by atomic mass is 35.5. The number of carbonyl (C=O) groups excluding carboxylic acids is 1. The highest BCUT2D eigenvalue weighted by Gasteiger charge is 2.56. The van der Waals surface area contributed by atoms with Crippen LogP contribution in [0.15, 0.2) is 6.33 Å². The van der Waals surface area contributed by atoms with Crippen LogP contribution in [0.25, 0.3) is 11.2 Å². The molecule has 16 heteroatoms. The number of alkyl halides is 2. The first-order valence-electron chi connectivity index (χ1n) is 8.99. The van der Waals surface area contributed by atoms with E-state index in [9.17, 15) is 14.3 Å². The van der Waals surface area contributed by atoms with E-state index in [1.165, 1.54) is 18.0 Å². The van der Waals surface area contributed by atoms with Gasteiger partial charge in [-0.1, -0.05) is 23.4 Å². The van der Waals surface area contributed by atoms with Crippen LogP contribution in [-0.4, -0.2) is 74.7 Å². The summed E-state index contributed by atoms with van der Waals surface area (Å²) in [5.41, 5.74) is 6.24. The lowest BCUT2D eigenvalue weighted by Gasteiger charge is -2.25. The number of anilines is 2. The molecule has 0 aliphatic carbocycles. The number of hydrogen-bond acceptors (Lipinski definition) is 11. The number of fused-ring (bicyclic) bond motifs is 1. The number of halogens is 2. The molecule has 0 amide bonds. The molecular formula is C15H22ClFN7O5PS. The van der Waals surface area contributed by atoms with Crippen molar-refractivity contribution in [2.24, 2.45) is 0 Å². The fourth-order valence-electron chi connectivity index (χ4n) is 2.97. The molecule has 2 aromatic heterocycles. The first-order valence-corrected chi connectivity index (χ1v) is 11.9. The minimum absolute atomic E-state index is 0.0582. The number of rotatable bonds is 8. The molecule has 6 atom stereocenters. The normalized spacial score (nSPS) is 27.9. The van der Waals surface area contributed by atoms with Crippen molar-refractivity contribution in [1.29, 1.82) is 0 Å². The third-order valence-corrected chi connectivity index (χ3v) is 6.78. The minimum atomic E-state index is -2.16. The lowest BCUT2D eigenvalue weighted by molar-refractivity contribution is -0.142. The van der Waals surface area contributed by atoms with Crippen LogP contribution >= 0.6 is 18.7 Å². The third kappa shape index (κ3) is 4.75. The number of hydrogen-bond donors (Lipinski definition) is 4. The summed E-state index contributed by atoms with van der Waals surface area (Å²) < 4.78 is 31.9. The van der Waals surface area contributed by atoms with E-state index in [1.54, 1.807) is 14.0 Å². The number of nitrogens with zero attached hydrogens (tertiary/aromatic N) is 4. The summed E-state index contributed by atoms with van der Waals surface area (Å²) in [4.78, 5) is 23.7. The summed E-state index contributed by atoms with van der Waals surface area (Å²) in [5.74, 6) is -0.233. The van der Waals surface area contributed by atoms with Gasteiger partial charge in [0, 0.05) is 7.05 Å². The zero-order chi connectivity index (χ0) is 22.9. The van der Waals surface area contributed by atoms with Gasteiger partial charge in [-0.05, 0) is 6.92 Å². The predicted octanol–water partition coefficient (Wildman–Crippen LogP) is 0.287. The van der Waals surface area contributed by atoms with Gasteiger partial charge in [0.25, 0.3) is 0 Å². The van der Waals surface area contributed by atoms with Crippen molar-refractivity contribution in [2.45, 2.75) is 36.5 Å². The van der Waals surface area contributed by atoms with Crippen LogP contribution in [0.5, 0.6) is 0 Å². The molecule has 0 radical (unpaired) electrons. The van der Waals surface area contributed by atoms with Gasteiger partial charge >= 0.3 is 5.97 Å². The molecule has 5 N–H and O–H groups in total. The SMILES string of the molecule is CNc1nc(N)nc2c1ncn2[C@@H]1O[C@](Cl)(CO[PH](=S)N[C@H](C)C(=O)OC)[C@@H](O)[C@@H]1F. The van der Waals surface area contributed by atoms with E-state index in [2.05, 4.69) is 30.1 Å². The lowest BCUT2D eigenvalue weighted by Crippen LogP contribution is -2.41. The van der Waals surface area contributed by atoms with Crippen LogP contribution in [0.3, 0.4) is 0 Å². The quantitative estimate of drug-likeness (QED) is 0.224. The Balaban J connectivity index is 1.77.